The van der Waals surface area contributed by atoms with Gasteiger partial charge < -0.3 is 4.90 Å². The van der Waals surface area contributed by atoms with Crippen LogP contribution in [0.1, 0.15) is 11.1 Å². The SMILES string of the molecule is O=C(Nc1ccn(-c2ncccc2F)n1)N1CCc2ccc(F)c(Br)c2C1. The van der Waals surface area contributed by atoms with E-state index in [-0.39, 0.29) is 30.0 Å². The Morgan fingerprint density at radius 2 is 2.04 bits per heavy atom. The first kappa shape index (κ1) is 17.6. The number of nitrogens with one attached hydrogen (secondary N) is 1. The van der Waals surface area contributed by atoms with E-state index in [1.165, 1.54) is 35.3 Å². The molecule has 138 valence electrons. The Balaban J connectivity index is 1.49. The van der Waals surface area contributed by atoms with Gasteiger partial charge in [0, 0.05) is 31.5 Å². The van der Waals surface area contributed by atoms with Crippen molar-refractivity contribution in [3.05, 3.63) is 70.0 Å². The molecule has 9 heteroatoms. The van der Waals surface area contributed by atoms with Gasteiger partial charge in [0.05, 0.1) is 4.47 Å². The third-order valence-electron chi connectivity index (χ3n) is 4.36. The van der Waals surface area contributed by atoms with E-state index in [9.17, 15) is 13.6 Å². The summed E-state index contributed by atoms with van der Waals surface area (Å²) in [5.41, 5.74) is 1.78. The number of carbonyl (C=O) groups is 1. The van der Waals surface area contributed by atoms with E-state index < -0.39 is 5.82 Å². The Hall–Kier alpha value is -2.81. The maximum absolute atomic E-state index is 13.8. The van der Waals surface area contributed by atoms with Crippen molar-refractivity contribution in [1.29, 1.82) is 0 Å². The minimum Gasteiger partial charge on any atom is -0.320 e. The molecular formula is C18H14BrF2N5O. The van der Waals surface area contributed by atoms with Gasteiger partial charge in [0.1, 0.15) is 5.82 Å². The molecule has 27 heavy (non-hydrogen) atoms. The van der Waals surface area contributed by atoms with E-state index in [1.54, 1.807) is 17.0 Å². The molecule has 0 fully saturated rings. The number of anilines is 1. The van der Waals surface area contributed by atoms with Gasteiger partial charge in [-0.05, 0) is 51.7 Å². The molecule has 0 saturated heterocycles. The molecule has 2 aromatic heterocycles. The van der Waals surface area contributed by atoms with Crippen LogP contribution in [-0.2, 0) is 13.0 Å². The second kappa shape index (κ2) is 7.07. The molecule has 0 unspecified atom stereocenters. The number of amides is 2. The molecular weight excluding hydrogens is 420 g/mol. The van der Waals surface area contributed by atoms with Gasteiger partial charge in [-0.3, -0.25) is 5.32 Å². The Morgan fingerprint density at radius 3 is 2.85 bits per heavy atom. The molecule has 0 aliphatic carbocycles. The van der Waals surface area contributed by atoms with Gasteiger partial charge in [-0.1, -0.05) is 6.07 Å². The maximum atomic E-state index is 13.8. The Morgan fingerprint density at radius 1 is 1.19 bits per heavy atom. The molecule has 1 aromatic carbocycles. The summed E-state index contributed by atoms with van der Waals surface area (Å²) in [4.78, 5) is 18.1. The number of urea groups is 1. The zero-order chi connectivity index (χ0) is 19.0. The van der Waals surface area contributed by atoms with Crippen LogP contribution in [0.4, 0.5) is 19.4 Å². The standard InChI is InChI=1S/C18H14BrF2N5O/c19-16-12-10-25(8-5-11(12)3-4-13(16)20)18(27)23-15-6-9-26(24-15)17-14(21)2-1-7-22-17/h1-4,6-7,9H,5,8,10H2,(H,23,24,27). The molecule has 0 radical (unpaired) electrons. The molecule has 1 aliphatic heterocycles. The summed E-state index contributed by atoms with van der Waals surface area (Å²) in [6, 6.07) is 7.13. The summed E-state index contributed by atoms with van der Waals surface area (Å²) in [5.74, 6) is -0.552. The monoisotopic (exact) mass is 433 g/mol. The summed E-state index contributed by atoms with van der Waals surface area (Å²) in [7, 11) is 0. The van der Waals surface area contributed by atoms with Crippen molar-refractivity contribution in [2.45, 2.75) is 13.0 Å². The number of aromatic nitrogens is 3. The van der Waals surface area contributed by atoms with Crippen LogP contribution in [0.3, 0.4) is 0 Å². The van der Waals surface area contributed by atoms with E-state index in [0.29, 0.717) is 17.4 Å². The molecule has 3 aromatic rings. The lowest BCUT2D eigenvalue weighted by atomic mass is 10.00. The molecule has 3 heterocycles. The van der Waals surface area contributed by atoms with Crippen LogP contribution in [0.2, 0.25) is 0 Å². The largest absolute Gasteiger partial charge is 0.323 e. The highest BCUT2D eigenvalue weighted by Gasteiger charge is 2.24. The van der Waals surface area contributed by atoms with Crippen LogP contribution in [0.5, 0.6) is 0 Å². The summed E-state index contributed by atoms with van der Waals surface area (Å²) >= 11 is 3.25. The van der Waals surface area contributed by atoms with Gasteiger partial charge in [-0.2, -0.15) is 0 Å². The average molecular weight is 434 g/mol. The van der Waals surface area contributed by atoms with Gasteiger partial charge >= 0.3 is 6.03 Å². The van der Waals surface area contributed by atoms with Gasteiger partial charge in [-0.25, -0.2) is 23.2 Å². The molecule has 1 N–H and O–H groups in total. The maximum Gasteiger partial charge on any atom is 0.323 e. The number of pyridine rings is 1. The van der Waals surface area contributed by atoms with Gasteiger partial charge in [0.2, 0.25) is 0 Å². The highest BCUT2D eigenvalue weighted by atomic mass is 79.9. The van der Waals surface area contributed by atoms with Crippen molar-refractivity contribution in [2.24, 2.45) is 0 Å². The van der Waals surface area contributed by atoms with Crippen LogP contribution >= 0.6 is 15.9 Å². The molecule has 0 spiro atoms. The molecule has 6 nitrogen and oxygen atoms in total. The second-order valence-corrected chi connectivity index (χ2v) is 6.85. The molecule has 2 amide bonds. The van der Waals surface area contributed by atoms with E-state index in [0.717, 1.165) is 11.1 Å². The van der Waals surface area contributed by atoms with Crippen molar-refractivity contribution in [2.75, 3.05) is 11.9 Å². The van der Waals surface area contributed by atoms with Gasteiger partial charge in [-0.15, -0.1) is 5.10 Å². The quantitative estimate of drug-likeness (QED) is 0.666. The lowest BCUT2D eigenvalue weighted by molar-refractivity contribution is 0.206. The summed E-state index contributed by atoms with van der Waals surface area (Å²) < 4.78 is 29.2. The van der Waals surface area contributed by atoms with Crippen LogP contribution in [-0.4, -0.2) is 32.2 Å². The number of halogens is 3. The van der Waals surface area contributed by atoms with E-state index in [4.69, 9.17) is 0 Å². The number of rotatable bonds is 2. The first-order valence-corrected chi connectivity index (χ1v) is 9.00. The minimum atomic E-state index is -0.516. The van der Waals surface area contributed by atoms with Crippen molar-refractivity contribution >= 4 is 27.8 Å². The first-order chi connectivity index (χ1) is 13.0. The zero-order valence-electron chi connectivity index (χ0n) is 14.0. The molecule has 0 saturated carbocycles. The minimum absolute atomic E-state index is 0.0457. The third kappa shape index (κ3) is 3.42. The topological polar surface area (TPSA) is 63.1 Å². The Bertz CT molecular complexity index is 1020. The smallest absolute Gasteiger partial charge is 0.320 e. The summed E-state index contributed by atoms with van der Waals surface area (Å²) in [5, 5.41) is 6.82. The van der Waals surface area contributed by atoms with Crippen molar-refractivity contribution in [1.82, 2.24) is 19.7 Å². The number of fused-ring (bicyclic) bond motifs is 1. The number of hydrogen-bond donors (Lipinski definition) is 1. The average Bonchev–Trinajstić information content (AvgIpc) is 3.13. The van der Waals surface area contributed by atoms with Gasteiger partial charge in [0.15, 0.2) is 17.5 Å². The summed E-state index contributed by atoms with van der Waals surface area (Å²) in [6.45, 7) is 0.793. The summed E-state index contributed by atoms with van der Waals surface area (Å²) in [6.07, 6.45) is 3.61. The fourth-order valence-corrected chi connectivity index (χ4v) is 3.49. The van der Waals surface area contributed by atoms with E-state index in [1.807, 2.05) is 0 Å². The van der Waals surface area contributed by atoms with E-state index in [2.05, 4.69) is 31.3 Å². The number of hydrogen-bond acceptors (Lipinski definition) is 3. The normalized spacial score (nSPS) is 13.4. The number of benzene rings is 1. The highest BCUT2D eigenvalue weighted by molar-refractivity contribution is 9.10. The molecule has 0 atom stereocenters. The Kier molecular flexibility index (Phi) is 4.61. The predicted octanol–water partition coefficient (Wildman–Crippen LogP) is 3.90. The van der Waals surface area contributed by atoms with Crippen LogP contribution in [0.25, 0.3) is 5.82 Å². The second-order valence-electron chi connectivity index (χ2n) is 6.06. The third-order valence-corrected chi connectivity index (χ3v) is 5.22. The zero-order valence-corrected chi connectivity index (χ0v) is 15.6. The lowest BCUT2D eigenvalue weighted by Gasteiger charge is -2.29. The predicted molar refractivity (Wildman–Crippen MR) is 98.5 cm³/mol. The lowest BCUT2D eigenvalue weighted by Crippen LogP contribution is -2.39. The van der Waals surface area contributed by atoms with Crippen molar-refractivity contribution in [3.8, 4) is 5.82 Å². The van der Waals surface area contributed by atoms with Crippen molar-refractivity contribution < 1.29 is 13.6 Å². The Labute approximate surface area is 161 Å². The number of nitrogens with zero attached hydrogens (tertiary/aromatic N) is 4. The van der Waals surface area contributed by atoms with Crippen molar-refractivity contribution in [3.63, 3.8) is 0 Å². The van der Waals surface area contributed by atoms with Crippen LogP contribution < -0.4 is 5.32 Å². The highest BCUT2D eigenvalue weighted by Crippen LogP contribution is 2.29. The number of carbonyl (C=O) groups excluding carboxylic acids is 1. The van der Waals surface area contributed by atoms with Crippen LogP contribution in [0.15, 0.2) is 47.2 Å². The molecule has 0 bridgehead atoms. The van der Waals surface area contributed by atoms with Gasteiger partial charge in [0.25, 0.3) is 0 Å². The fraction of sp³-hybridized carbons (Fsp3) is 0.167. The molecule has 4 rings (SSSR count). The first-order valence-electron chi connectivity index (χ1n) is 8.21. The molecule has 1 aliphatic rings. The van der Waals surface area contributed by atoms with E-state index >= 15 is 0 Å². The van der Waals surface area contributed by atoms with Crippen LogP contribution in [0, 0.1) is 11.6 Å². The fourth-order valence-electron chi connectivity index (χ4n) is 2.98.